The normalized spacial score (nSPS) is 16.3. The van der Waals surface area contributed by atoms with Gasteiger partial charge in [0.15, 0.2) is 0 Å². The predicted octanol–water partition coefficient (Wildman–Crippen LogP) is 2.14. The van der Waals surface area contributed by atoms with Gasteiger partial charge >= 0.3 is 0 Å². The smallest absolute Gasteiger partial charge is 0.248 e. The SMILES string of the molecule is NC(=O)c1cccc([CH]C2CCC2)c1. The van der Waals surface area contributed by atoms with E-state index >= 15 is 0 Å². The van der Waals surface area contributed by atoms with Gasteiger partial charge in [0, 0.05) is 5.56 Å². The summed E-state index contributed by atoms with van der Waals surface area (Å²) in [5.74, 6) is 0.354. The van der Waals surface area contributed by atoms with Crippen LogP contribution in [-0.2, 0) is 0 Å². The van der Waals surface area contributed by atoms with E-state index in [2.05, 4.69) is 6.42 Å². The maximum Gasteiger partial charge on any atom is 0.248 e. The number of hydrogen-bond acceptors (Lipinski definition) is 1. The Hall–Kier alpha value is -1.31. The van der Waals surface area contributed by atoms with E-state index in [0.29, 0.717) is 11.5 Å². The lowest BCUT2D eigenvalue weighted by molar-refractivity contribution is 0.1000. The molecule has 0 bridgehead atoms. The first-order valence-corrected chi connectivity index (χ1v) is 5.00. The molecule has 1 aromatic carbocycles. The average molecular weight is 188 g/mol. The van der Waals surface area contributed by atoms with E-state index in [0.717, 1.165) is 5.56 Å². The van der Waals surface area contributed by atoms with Gasteiger partial charge in [-0.05, 0) is 42.9 Å². The third kappa shape index (κ3) is 1.95. The Morgan fingerprint density at radius 1 is 1.43 bits per heavy atom. The Labute approximate surface area is 84.1 Å². The molecule has 1 aromatic rings. The maximum absolute atomic E-state index is 10.9. The van der Waals surface area contributed by atoms with Gasteiger partial charge in [-0.25, -0.2) is 0 Å². The summed E-state index contributed by atoms with van der Waals surface area (Å²) < 4.78 is 0. The first-order valence-electron chi connectivity index (χ1n) is 5.00. The summed E-state index contributed by atoms with van der Waals surface area (Å²) >= 11 is 0. The van der Waals surface area contributed by atoms with Crippen LogP contribution >= 0.6 is 0 Å². The van der Waals surface area contributed by atoms with Crippen LogP contribution in [0.4, 0.5) is 0 Å². The van der Waals surface area contributed by atoms with Crippen molar-refractivity contribution in [2.24, 2.45) is 11.7 Å². The van der Waals surface area contributed by atoms with Crippen molar-refractivity contribution in [1.29, 1.82) is 0 Å². The van der Waals surface area contributed by atoms with Gasteiger partial charge < -0.3 is 5.73 Å². The number of nitrogens with two attached hydrogens (primary N) is 1. The van der Waals surface area contributed by atoms with Crippen molar-refractivity contribution in [3.05, 3.63) is 41.8 Å². The van der Waals surface area contributed by atoms with Crippen LogP contribution in [0.3, 0.4) is 0 Å². The van der Waals surface area contributed by atoms with Crippen LogP contribution in [0.25, 0.3) is 0 Å². The molecule has 2 nitrogen and oxygen atoms in total. The van der Waals surface area contributed by atoms with E-state index < -0.39 is 0 Å². The van der Waals surface area contributed by atoms with E-state index in [4.69, 9.17) is 5.73 Å². The molecular weight excluding hydrogens is 174 g/mol. The predicted molar refractivity (Wildman–Crippen MR) is 55.7 cm³/mol. The van der Waals surface area contributed by atoms with E-state index in [-0.39, 0.29) is 5.91 Å². The number of benzene rings is 1. The summed E-state index contributed by atoms with van der Waals surface area (Å²) in [6, 6.07) is 7.51. The molecule has 1 aliphatic rings. The molecule has 0 saturated heterocycles. The van der Waals surface area contributed by atoms with E-state index in [1.807, 2.05) is 18.2 Å². The highest BCUT2D eigenvalue weighted by molar-refractivity contribution is 5.92. The minimum Gasteiger partial charge on any atom is -0.366 e. The van der Waals surface area contributed by atoms with Gasteiger partial charge in [0.1, 0.15) is 0 Å². The minimum absolute atomic E-state index is 0.353. The van der Waals surface area contributed by atoms with Crippen molar-refractivity contribution in [3.63, 3.8) is 0 Å². The Balaban J connectivity index is 2.09. The summed E-state index contributed by atoms with van der Waals surface area (Å²) in [5.41, 5.74) is 6.92. The fourth-order valence-corrected chi connectivity index (χ4v) is 1.67. The van der Waals surface area contributed by atoms with Gasteiger partial charge in [0.05, 0.1) is 0 Å². The molecule has 1 amide bonds. The lowest BCUT2D eigenvalue weighted by Gasteiger charge is -2.24. The van der Waals surface area contributed by atoms with Crippen LogP contribution < -0.4 is 5.73 Å². The maximum atomic E-state index is 10.9. The molecule has 0 atom stereocenters. The number of amides is 1. The molecule has 14 heavy (non-hydrogen) atoms. The number of hydrogen-bond donors (Lipinski definition) is 1. The molecule has 2 N–H and O–H groups in total. The highest BCUT2D eigenvalue weighted by Crippen LogP contribution is 2.31. The fourth-order valence-electron chi connectivity index (χ4n) is 1.67. The zero-order chi connectivity index (χ0) is 9.97. The van der Waals surface area contributed by atoms with Crippen LogP contribution in [0.2, 0.25) is 0 Å². The highest BCUT2D eigenvalue weighted by atomic mass is 16.1. The highest BCUT2D eigenvalue weighted by Gasteiger charge is 2.18. The van der Waals surface area contributed by atoms with Gasteiger partial charge in [-0.3, -0.25) is 4.79 Å². The molecule has 0 aliphatic heterocycles. The first-order chi connectivity index (χ1) is 6.75. The van der Waals surface area contributed by atoms with Crippen LogP contribution in [0.1, 0.15) is 35.2 Å². The fraction of sp³-hybridized carbons (Fsp3) is 0.333. The number of carbonyl (C=O) groups excluding carboxylic acids is 1. The standard InChI is InChI=1S/C12H14NO/c13-12(14)11-6-2-5-10(8-11)7-9-3-1-4-9/h2,5-9H,1,3-4H2,(H2,13,14). The molecule has 0 aromatic heterocycles. The lowest BCUT2D eigenvalue weighted by atomic mass is 9.81. The lowest BCUT2D eigenvalue weighted by Crippen LogP contribution is -2.13. The first kappa shape index (κ1) is 9.25. The molecule has 73 valence electrons. The summed E-state index contributed by atoms with van der Waals surface area (Å²) in [7, 11) is 0. The Morgan fingerprint density at radius 3 is 2.79 bits per heavy atom. The number of primary amides is 1. The van der Waals surface area contributed by atoms with E-state index in [1.54, 1.807) is 6.07 Å². The molecule has 0 spiro atoms. The van der Waals surface area contributed by atoms with Gasteiger partial charge in [0.2, 0.25) is 5.91 Å². The summed E-state index contributed by atoms with van der Waals surface area (Å²) in [5, 5.41) is 0. The third-order valence-electron chi connectivity index (χ3n) is 2.75. The molecule has 0 heterocycles. The molecule has 2 rings (SSSR count). The second-order valence-electron chi connectivity index (χ2n) is 3.85. The zero-order valence-corrected chi connectivity index (χ0v) is 8.07. The van der Waals surface area contributed by atoms with Crippen LogP contribution in [0.5, 0.6) is 0 Å². The van der Waals surface area contributed by atoms with Crippen LogP contribution in [0.15, 0.2) is 24.3 Å². The zero-order valence-electron chi connectivity index (χ0n) is 8.07. The Kier molecular flexibility index (Phi) is 2.53. The molecule has 2 heteroatoms. The third-order valence-corrected chi connectivity index (χ3v) is 2.75. The van der Waals surface area contributed by atoms with Crippen LogP contribution in [-0.4, -0.2) is 5.91 Å². The number of rotatable bonds is 3. The molecular formula is C12H14NO. The second-order valence-corrected chi connectivity index (χ2v) is 3.85. The van der Waals surface area contributed by atoms with E-state index in [9.17, 15) is 4.79 Å². The van der Waals surface area contributed by atoms with Gasteiger partial charge in [-0.2, -0.15) is 0 Å². The quantitative estimate of drug-likeness (QED) is 0.775. The van der Waals surface area contributed by atoms with Gasteiger partial charge in [0.25, 0.3) is 0 Å². The van der Waals surface area contributed by atoms with Crippen molar-refractivity contribution in [2.45, 2.75) is 19.3 Å². The summed E-state index contributed by atoms with van der Waals surface area (Å²) in [6.07, 6.45) is 6.12. The largest absolute Gasteiger partial charge is 0.366 e. The van der Waals surface area contributed by atoms with Crippen molar-refractivity contribution >= 4 is 5.91 Å². The second kappa shape index (κ2) is 3.82. The monoisotopic (exact) mass is 188 g/mol. The average Bonchev–Trinajstić information content (AvgIpc) is 2.12. The molecule has 1 aliphatic carbocycles. The summed E-state index contributed by atoms with van der Waals surface area (Å²) in [6.45, 7) is 0. The topological polar surface area (TPSA) is 43.1 Å². The minimum atomic E-state index is -0.353. The molecule has 1 saturated carbocycles. The van der Waals surface area contributed by atoms with Crippen molar-refractivity contribution < 1.29 is 4.79 Å². The van der Waals surface area contributed by atoms with Gasteiger partial charge in [-0.1, -0.05) is 18.6 Å². The van der Waals surface area contributed by atoms with Crippen LogP contribution in [0, 0.1) is 12.3 Å². The molecule has 1 radical (unpaired) electrons. The Morgan fingerprint density at radius 2 is 2.21 bits per heavy atom. The molecule has 0 unspecified atom stereocenters. The van der Waals surface area contributed by atoms with E-state index in [1.165, 1.54) is 19.3 Å². The Bertz CT molecular complexity index is 342. The van der Waals surface area contributed by atoms with Crippen molar-refractivity contribution in [3.8, 4) is 0 Å². The van der Waals surface area contributed by atoms with Gasteiger partial charge in [-0.15, -0.1) is 0 Å². The number of carbonyl (C=O) groups is 1. The summed E-state index contributed by atoms with van der Waals surface area (Å²) in [4.78, 5) is 10.9. The molecule has 1 fully saturated rings. The van der Waals surface area contributed by atoms with Crippen molar-refractivity contribution in [1.82, 2.24) is 0 Å². The van der Waals surface area contributed by atoms with Crippen molar-refractivity contribution in [2.75, 3.05) is 0 Å².